The molecule has 0 spiro atoms. The van der Waals surface area contributed by atoms with Gasteiger partial charge in [-0.05, 0) is 19.4 Å². The predicted octanol–water partition coefficient (Wildman–Crippen LogP) is 1.33. The number of nitrogens with one attached hydrogen (secondary N) is 1. The lowest BCUT2D eigenvalue weighted by Gasteiger charge is -2.10. The normalized spacial score (nSPS) is 19.8. The zero-order valence-corrected chi connectivity index (χ0v) is 14.3. The topological polar surface area (TPSA) is 89.0 Å². The summed E-state index contributed by atoms with van der Waals surface area (Å²) in [5.74, 6) is 0.174. The summed E-state index contributed by atoms with van der Waals surface area (Å²) in [5, 5.41) is 4.31. The summed E-state index contributed by atoms with van der Waals surface area (Å²) in [6.45, 7) is 1.91. The van der Waals surface area contributed by atoms with Crippen molar-refractivity contribution in [3.8, 4) is 0 Å². The molecule has 1 saturated heterocycles. The van der Waals surface area contributed by atoms with E-state index < -0.39 is 9.84 Å². The highest BCUT2D eigenvalue weighted by Gasteiger charge is 2.28. The average Bonchev–Trinajstić information content (AvgIpc) is 2.84. The summed E-state index contributed by atoms with van der Waals surface area (Å²) < 4.78 is 22.8. The smallest absolute Gasteiger partial charge is 0.230 e. The fraction of sp³-hybridized carbons (Fsp3) is 0.400. The molecule has 1 N–H and O–H groups in total. The maximum absolute atomic E-state index is 11.9. The van der Waals surface area contributed by atoms with E-state index in [4.69, 9.17) is 0 Å². The monoisotopic (exact) mass is 351 g/mol. The van der Waals surface area contributed by atoms with Crippen LogP contribution in [0.4, 0.5) is 0 Å². The van der Waals surface area contributed by atoms with E-state index in [-0.39, 0.29) is 29.2 Å². The van der Waals surface area contributed by atoms with Crippen LogP contribution < -0.4 is 5.32 Å². The predicted molar refractivity (Wildman–Crippen MR) is 90.2 cm³/mol. The van der Waals surface area contributed by atoms with Gasteiger partial charge in [0, 0.05) is 17.1 Å². The second kappa shape index (κ2) is 6.45. The van der Waals surface area contributed by atoms with Gasteiger partial charge in [0.2, 0.25) is 5.91 Å². The third-order valence-corrected chi connectivity index (χ3v) is 6.32. The molecule has 23 heavy (non-hydrogen) atoms. The van der Waals surface area contributed by atoms with Gasteiger partial charge in [-0.1, -0.05) is 30.0 Å². The fourth-order valence-corrected chi connectivity index (χ4v) is 4.96. The summed E-state index contributed by atoms with van der Waals surface area (Å²) >= 11 is 1.26. The lowest BCUT2D eigenvalue weighted by Crippen LogP contribution is -2.36. The Labute approximate surface area is 139 Å². The van der Waals surface area contributed by atoms with Crippen LogP contribution in [-0.2, 0) is 14.6 Å². The van der Waals surface area contributed by atoms with Gasteiger partial charge in [0.25, 0.3) is 0 Å². The highest BCUT2D eigenvalue weighted by Crippen LogP contribution is 2.20. The minimum atomic E-state index is -2.98. The van der Waals surface area contributed by atoms with Crippen LogP contribution in [0.5, 0.6) is 0 Å². The molecular formula is C15H17N3O3S2. The zero-order chi connectivity index (χ0) is 16.4. The number of fused-ring (bicyclic) bond motifs is 1. The summed E-state index contributed by atoms with van der Waals surface area (Å²) in [4.78, 5) is 20.8. The maximum atomic E-state index is 11.9. The quantitative estimate of drug-likeness (QED) is 0.660. The van der Waals surface area contributed by atoms with Crippen LogP contribution in [0.15, 0.2) is 29.4 Å². The standard InChI is InChI=1S/C15H17N3O3S2/c1-10-12-4-2-3-5-13(12)18-15(16-10)22-8-14(19)17-11-6-7-23(20,21)9-11/h2-5,11H,6-9H2,1H3,(H,17,19)/t11-/m0/s1. The minimum absolute atomic E-state index is 0.0367. The molecule has 122 valence electrons. The van der Waals surface area contributed by atoms with E-state index in [9.17, 15) is 13.2 Å². The van der Waals surface area contributed by atoms with Crippen molar-refractivity contribution in [2.45, 2.75) is 24.5 Å². The van der Waals surface area contributed by atoms with Crippen molar-refractivity contribution in [1.82, 2.24) is 15.3 Å². The molecule has 6 nitrogen and oxygen atoms in total. The van der Waals surface area contributed by atoms with Crippen LogP contribution in [0.1, 0.15) is 12.1 Å². The molecule has 0 saturated carbocycles. The molecule has 8 heteroatoms. The van der Waals surface area contributed by atoms with Crippen LogP contribution in [0.25, 0.3) is 10.9 Å². The molecule has 0 aliphatic carbocycles. The number of amides is 1. The van der Waals surface area contributed by atoms with E-state index >= 15 is 0 Å². The number of hydrogen-bond donors (Lipinski definition) is 1. The Balaban J connectivity index is 1.61. The summed E-state index contributed by atoms with van der Waals surface area (Å²) in [6, 6.07) is 7.46. The van der Waals surface area contributed by atoms with Crippen LogP contribution in [0.3, 0.4) is 0 Å². The van der Waals surface area contributed by atoms with Crippen molar-refractivity contribution >= 4 is 38.4 Å². The molecule has 1 fully saturated rings. The van der Waals surface area contributed by atoms with Crippen molar-refractivity contribution in [3.63, 3.8) is 0 Å². The molecule has 2 aromatic rings. The second-order valence-electron chi connectivity index (χ2n) is 5.56. The second-order valence-corrected chi connectivity index (χ2v) is 8.74. The number of rotatable bonds is 4. The molecule has 0 bridgehead atoms. The van der Waals surface area contributed by atoms with E-state index in [0.717, 1.165) is 16.6 Å². The van der Waals surface area contributed by atoms with Crippen molar-refractivity contribution < 1.29 is 13.2 Å². The molecule has 0 unspecified atom stereocenters. The Kier molecular flexibility index (Phi) is 4.54. The third-order valence-electron chi connectivity index (χ3n) is 3.70. The average molecular weight is 351 g/mol. The van der Waals surface area contributed by atoms with Gasteiger partial charge in [-0.15, -0.1) is 0 Å². The van der Waals surface area contributed by atoms with Gasteiger partial charge in [-0.2, -0.15) is 0 Å². The highest BCUT2D eigenvalue weighted by atomic mass is 32.2. The molecule has 1 aromatic carbocycles. The molecule has 1 aliphatic rings. The first kappa shape index (κ1) is 16.2. The van der Waals surface area contributed by atoms with Gasteiger partial charge in [0.1, 0.15) is 0 Å². The number of nitrogens with zero attached hydrogens (tertiary/aromatic N) is 2. The zero-order valence-electron chi connectivity index (χ0n) is 12.7. The molecule has 1 aliphatic heterocycles. The van der Waals surface area contributed by atoms with Crippen molar-refractivity contribution in [2.75, 3.05) is 17.3 Å². The summed E-state index contributed by atoms with van der Waals surface area (Å²) in [6.07, 6.45) is 0.490. The van der Waals surface area contributed by atoms with Crippen molar-refractivity contribution in [2.24, 2.45) is 0 Å². The molecule has 1 aromatic heterocycles. The number of thioether (sulfide) groups is 1. The number of sulfone groups is 1. The first-order valence-corrected chi connectivity index (χ1v) is 10.1. The van der Waals surface area contributed by atoms with Crippen LogP contribution in [0, 0.1) is 6.92 Å². The Morgan fingerprint density at radius 1 is 1.35 bits per heavy atom. The SMILES string of the molecule is Cc1nc(SCC(=O)N[C@H]2CCS(=O)(=O)C2)nc2ccccc12. The number of carbonyl (C=O) groups is 1. The number of aromatic nitrogens is 2. The van der Waals surface area contributed by atoms with E-state index in [2.05, 4.69) is 15.3 Å². The van der Waals surface area contributed by atoms with Crippen molar-refractivity contribution in [3.05, 3.63) is 30.0 Å². The van der Waals surface area contributed by atoms with E-state index in [1.54, 1.807) is 0 Å². The Hall–Kier alpha value is -1.67. The van der Waals surface area contributed by atoms with E-state index in [0.29, 0.717) is 11.6 Å². The van der Waals surface area contributed by atoms with Crippen LogP contribution >= 0.6 is 11.8 Å². The Bertz CT molecular complexity index is 852. The lowest BCUT2D eigenvalue weighted by molar-refractivity contribution is -0.119. The molecule has 2 heterocycles. The van der Waals surface area contributed by atoms with Gasteiger partial charge in [-0.3, -0.25) is 4.79 Å². The minimum Gasteiger partial charge on any atom is -0.352 e. The van der Waals surface area contributed by atoms with Crippen LogP contribution in [0.2, 0.25) is 0 Å². The van der Waals surface area contributed by atoms with E-state index in [1.807, 2.05) is 31.2 Å². The van der Waals surface area contributed by atoms with Crippen molar-refractivity contribution in [1.29, 1.82) is 0 Å². The fourth-order valence-electron chi connectivity index (χ4n) is 2.58. The Morgan fingerprint density at radius 2 is 2.13 bits per heavy atom. The van der Waals surface area contributed by atoms with Gasteiger partial charge in [-0.25, -0.2) is 18.4 Å². The number of carbonyl (C=O) groups excluding carboxylic acids is 1. The van der Waals surface area contributed by atoms with E-state index in [1.165, 1.54) is 11.8 Å². The third kappa shape index (κ3) is 4.00. The van der Waals surface area contributed by atoms with Gasteiger partial charge in [0.15, 0.2) is 15.0 Å². The largest absolute Gasteiger partial charge is 0.352 e. The lowest BCUT2D eigenvalue weighted by atomic mass is 10.2. The summed E-state index contributed by atoms with van der Waals surface area (Å²) in [5.41, 5.74) is 1.73. The number of hydrogen-bond acceptors (Lipinski definition) is 6. The number of aryl methyl sites for hydroxylation is 1. The summed E-state index contributed by atoms with van der Waals surface area (Å²) in [7, 11) is -2.98. The van der Waals surface area contributed by atoms with Crippen LogP contribution in [-0.4, -0.2) is 47.6 Å². The molecule has 1 atom stereocenters. The molecular weight excluding hydrogens is 334 g/mol. The highest BCUT2D eigenvalue weighted by molar-refractivity contribution is 7.99. The molecule has 1 amide bonds. The van der Waals surface area contributed by atoms with Gasteiger partial charge < -0.3 is 5.32 Å². The maximum Gasteiger partial charge on any atom is 0.230 e. The Morgan fingerprint density at radius 3 is 2.87 bits per heavy atom. The number of para-hydroxylation sites is 1. The molecule has 0 radical (unpaired) electrons. The first-order valence-electron chi connectivity index (χ1n) is 7.29. The van der Waals surface area contributed by atoms with Gasteiger partial charge in [0.05, 0.1) is 22.8 Å². The van der Waals surface area contributed by atoms with Gasteiger partial charge >= 0.3 is 0 Å². The molecule has 3 rings (SSSR count). The number of benzene rings is 1. The first-order chi connectivity index (χ1) is 10.9.